The van der Waals surface area contributed by atoms with Crippen LogP contribution in [-0.4, -0.2) is 0 Å². The number of pyridine rings is 1. The van der Waals surface area contributed by atoms with E-state index in [1.165, 1.54) is 48.1 Å². The molecule has 0 saturated carbocycles. The molecule has 1 aliphatic heterocycles. The molecule has 2 heterocycles. The largest absolute Gasteiger partial charge is 0.213 e. The molecule has 1 nitrogen and oxygen atoms in total. The first-order valence-electron chi connectivity index (χ1n) is 11.1. The summed E-state index contributed by atoms with van der Waals surface area (Å²) in [4.78, 5) is 0. The van der Waals surface area contributed by atoms with Gasteiger partial charge < -0.3 is 0 Å². The van der Waals surface area contributed by atoms with Crippen molar-refractivity contribution in [1.82, 2.24) is 0 Å². The summed E-state index contributed by atoms with van der Waals surface area (Å²) in [5.74, 6) is 0. The van der Waals surface area contributed by atoms with Crippen molar-refractivity contribution in [3.05, 3.63) is 53.2 Å². The molecule has 27 heavy (non-hydrogen) atoms. The SMILES string of the molecule is CCCCCc1ccc2c(c1)-c1cc(C)cc[n+]1C(CC)(CC)C2(C)CC. The van der Waals surface area contributed by atoms with Gasteiger partial charge in [0, 0.05) is 25.0 Å². The zero-order chi connectivity index (χ0) is 19.7. The van der Waals surface area contributed by atoms with Crippen LogP contribution in [0, 0.1) is 6.92 Å². The van der Waals surface area contributed by atoms with Crippen molar-refractivity contribution in [1.29, 1.82) is 0 Å². The van der Waals surface area contributed by atoms with Crippen molar-refractivity contribution in [2.24, 2.45) is 0 Å². The van der Waals surface area contributed by atoms with Crippen molar-refractivity contribution in [3.63, 3.8) is 0 Å². The Kier molecular flexibility index (Phi) is 5.79. The number of rotatable bonds is 7. The van der Waals surface area contributed by atoms with E-state index in [9.17, 15) is 0 Å². The molecular weight excluding hydrogens is 326 g/mol. The minimum absolute atomic E-state index is 0.140. The first kappa shape index (κ1) is 20.1. The third-order valence-corrected chi connectivity index (χ3v) is 7.50. The van der Waals surface area contributed by atoms with Crippen molar-refractivity contribution >= 4 is 0 Å². The normalized spacial score (nSPS) is 20.2. The first-order valence-corrected chi connectivity index (χ1v) is 11.1. The van der Waals surface area contributed by atoms with Crippen LogP contribution in [0.4, 0.5) is 0 Å². The summed E-state index contributed by atoms with van der Waals surface area (Å²) in [5, 5.41) is 0. The number of hydrogen-bond donors (Lipinski definition) is 0. The van der Waals surface area contributed by atoms with Crippen molar-refractivity contribution < 1.29 is 4.57 Å². The number of hydrogen-bond acceptors (Lipinski definition) is 0. The molecule has 3 rings (SSSR count). The highest BCUT2D eigenvalue weighted by molar-refractivity contribution is 5.67. The Morgan fingerprint density at radius 1 is 0.889 bits per heavy atom. The van der Waals surface area contributed by atoms with Gasteiger partial charge in [-0.05, 0) is 55.9 Å². The molecule has 146 valence electrons. The topological polar surface area (TPSA) is 3.88 Å². The Hall–Kier alpha value is -1.63. The van der Waals surface area contributed by atoms with Crippen LogP contribution in [-0.2, 0) is 17.4 Å². The summed E-state index contributed by atoms with van der Waals surface area (Å²) in [7, 11) is 0. The summed E-state index contributed by atoms with van der Waals surface area (Å²) in [5.41, 5.74) is 7.58. The van der Waals surface area contributed by atoms with E-state index < -0.39 is 0 Å². The maximum Gasteiger partial charge on any atom is 0.213 e. The first-order chi connectivity index (χ1) is 13.0. The number of unbranched alkanes of at least 4 members (excludes halogenated alkanes) is 2. The predicted octanol–water partition coefficient (Wildman–Crippen LogP) is 6.88. The second-order valence-electron chi connectivity index (χ2n) is 8.72. The lowest BCUT2D eigenvalue weighted by Crippen LogP contribution is -2.68. The molecule has 0 spiro atoms. The molecule has 0 saturated heterocycles. The van der Waals surface area contributed by atoms with Crippen LogP contribution in [0.25, 0.3) is 11.3 Å². The van der Waals surface area contributed by atoms with E-state index in [-0.39, 0.29) is 11.0 Å². The molecule has 1 heteroatoms. The Balaban J connectivity index is 2.24. The molecular formula is C26H38N+. The van der Waals surface area contributed by atoms with Gasteiger partial charge in [-0.3, -0.25) is 0 Å². The van der Waals surface area contributed by atoms with Gasteiger partial charge in [0.05, 0.1) is 11.0 Å². The fourth-order valence-electron chi connectivity index (χ4n) is 5.61. The van der Waals surface area contributed by atoms with Gasteiger partial charge in [0.25, 0.3) is 0 Å². The lowest BCUT2D eigenvalue weighted by Gasteiger charge is -2.47. The second-order valence-corrected chi connectivity index (χ2v) is 8.72. The minimum Gasteiger partial charge on any atom is -0.192 e. The van der Waals surface area contributed by atoms with E-state index in [2.05, 4.69) is 82.6 Å². The average Bonchev–Trinajstić information content (AvgIpc) is 2.69. The zero-order valence-electron chi connectivity index (χ0n) is 18.4. The van der Waals surface area contributed by atoms with E-state index in [4.69, 9.17) is 0 Å². The number of aryl methyl sites for hydroxylation is 2. The summed E-state index contributed by atoms with van der Waals surface area (Å²) < 4.78 is 2.63. The molecule has 1 aliphatic rings. The summed E-state index contributed by atoms with van der Waals surface area (Å²) in [6.45, 7) is 14.1. The number of fused-ring (bicyclic) bond motifs is 3. The quantitative estimate of drug-likeness (QED) is 0.372. The van der Waals surface area contributed by atoms with E-state index in [0.717, 1.165) is 19.3 Å². The Bertz CT molecular complexity index is 800. The molecule has 2 aromatic rings. The van der Waals surface area contributed by atoms with Crippen LogP contribution in [0.2, 0.25) is 0 Å². The Morgan fingerprint density at radius 2 is 1.63 bits per heavy atom. The molecule has 0 bridgehead atoms. The molecule has 1 atom stereocenters. The van der Waals surface area contributed by atoms with Gasteiger partial charge in [0.1, 0.15) is 0 Å². The summed E-state index contributed by atoms with van der Waals surface area (Å²) >= 11 is 0. The lowest BCUT2D eigenvalue weighted by molar-refractivity contribution is -0.769. The number of benzene rings is 1. The van der Waals surface area contributed by atoms with Crippen LogP contribution in [0.5, 0.6) is 0 Å². The molecule has 1 unspecified atom stereocenters. The molecule has 0 radical (unpaired) electrons. The van der Waals surface area contributed by atoms with Gasteiger partial charge in [0.15, 0.2) is 11.7 Å². The van der Waals surface area contributed by atoms with Gasteiger partial charge >= 0.3 is 0 Å². The van der Waals surface area contributed by atoms with Gasteiger partial charge in [-0.2, -0.15) is 4.57 Å². The molecule has 1 aromatic heterocycles. The van der Waals surface area contributed by atoms with Gasteiger partial charge in [-0.1, -0.05) is 52.7 Å². The molecule has 1 aromatic carbocycles. The van der Waals surface area contributed by atoms with Crippen molar-refractivity contribution in [2.45, 2.75) is 97.4 Å². The second kappa shape index (κ2) is 7.78. The van der Waals surface area contributed by atoms with Crippen molar-refractivity contribution in [2.75, 3.05) is 0 Å². The fourth-order valence-corrected chi connectivity index (χ4v) is 5.61. The smallest absolute Gasteiger partial charge is 0.192 e. The lowest BCUT2D eigenvalue weighted by atomic mass is 9.58. The average molecular weight is 365 g/mol. The maximum atomic E-state index is 2.63. The Morgan fingerprint density at radius 3 is 2.26 bits per heavy atom. The minimum atomic E-state index is 0.140. The van der Waals surface area contributed by atoms with Gasteiger partial charge in [-0.25, -0.2) is 0 Å². The predicted molar refractivity (Wildman–Crippen MR) is 116 cm³/mol. The van der Waals surface area contributed by atoms with Crippen LogP contribution in [0.15, 0.2) is 36.5 Å². The van der Waals surface area contributed by atoms with E-state index in [0.29, 0.717) is 0 Å². The Labute approximate surface area is 166 Å². The van der Waals surface area contributed by atoms with Crippen LogP contribution in [0.3, 0.4) is 0 Å². The number of nitrogens with zero attached hydrogens (tertiary/aromatic N) is 1. The zero-order valence-corrected chi connectivity index (χ0v) is 18.4. The highest BCUT2D eigenvalue weighted by Gasteiger charge is 2.58. The van der Waals surface area contributed by atoms with Crippen LogP contribution < -0.4 is 4.57 Å². The van der Waals surface area contributed by atoms with Crippen LogP contribution >= 0.6 is 0 Å². The summed E-state index contributed by atoms with van der Waals surface area (Å²) in [6.07, 6.45) is 10.9. The van der Waals surface area contributed by atoms with E-state index >= 15 is 0 Å². The standard InChI is InChI=1S/C26H38N/c1-7-11-12-13-21-14-15-23-22(19-21)24-18-20(5)16-17-27(24)26(9-3,10-4)25(23,6)8-2/h14-19H,7-13H2,1-6H3/q+1. The van der Waals surface area contributed by atoms with Gasteiger partial charge in [0.2, 0.25) is 5.69 Å². The molecule has 0 fully saturated rings. The maximum absolute atomic E-state index is 2.63. The third kappa shape index (κ3) is 3.04. The third-order valence-electron chi connectivity index (χ3n) is 7.50. The molecule has 0 N–H and O–H groups in total. The molecule has 0 amide bonds. The fraction of sp³-hybridized carbons (Fsp3) is 0.577. The van der Waals surface area contributed by atoms with E-state index in [1.54, 1.807) is 5.56 Å². The highest BCUT2D eigenvalue weighted by Crippen LogP contribution is 2.51. The molecule has 0 aliphatic carbocycles. The number of aromatic nitrogens is 1. The van der Waals surface area contributed by atoms with Gasteiger partial charge in [-0.15, -0.1) is 0 Å². The highest BCUT2D eigenvalue weighted by atomic mass is 15.1. The monoisotopic (exact) mass is 364 g/mol. The van der Waals surface area contributed by atoms with Crippen LogP contribution in [0.1, 0.15) is 89.8 Å². The van der Waals surface area contributed by atoms with E-state index in [1.807, 2.05) is 0 Å². The summed E-state index contributed by atoms with van der Waals surface area (Å²) in [6, 6.07) is 12.1. The van der Waals surface area contributed by atoms with Crippen molar-refractivity contribution in [3.8, 4) is 11.3 Å².